The zero-order chi connectivity index (χ0) is 46.8. The van der Waals surface area contributed by atoms with Crippen LogP contribution in [-0.4, -0.2) is 108 Å². The van der Waals surface area contributed by atoms with Crippen LogP contribution < -0.4 is 42.6 Å². The molecule has 2 aliphatic heterocycles. The molecule has 0 saturated carbocycles. The van der Waals surface area contributed by atoms with Gasteiger partial charge in [-0.2, -0.15) is 0 Å². The van der Waals surface area contributed by atoms with Crippen molar-refractivity contribution >= 4 is 53.8 Å². The van der Waals surface area contributed by atoms with Crippen LogP contribution in [0.2, 0.25) is 0 Å². The van der Waals surface area contributed by atoms with Crippen molar-refractivity contribution in [3.8, 4) is 0 Å². The lowest BCUT2D eigenvalue weighted by molar-refractivity contribution is -0.129. The largest absolute Gasteiger partial charge is 0.443 e. The molecule has 0 spiro atoms. The van der Waals surface area contributed by atoms with Crippen LogP contribution in [0.15, 0.2) is 85.2 Å². The average molecular weight is 930 g/mol. The van der Waals surface area contributed by atoms with Crippen LogP contribution in [0.3, 0.4) is 0 Å². The van der Waals surface area contributed by atoms with Crippen LogP contribution in [0, 0.1) is 0 Å². The van der Waals surface area contributed by atoms with Gasteiger partial charge < -0.3 is 35.0 Å². The molecule has 0 radical (unpaired) electrons. The maximum atomic E-state index is 11.9. The van der Waals surface area contributed by atoms with Gasteiger partial charge in [-0.15, -0.1) is 12.4 Å². The number of benzene rings is 2. The lowest BCUT2D eigenvalue weighted by Gasteiger charge is -2.35. The summed E-state index contributed by atoms with van der Waals surface area (Å²) in [6.45, 7) is 15.6. The van der Waals surface area contributed by atoms with E-state index in [2.05, 4.69) is 77.7 Å². The number of aryl methyl sites for hydroxylation is 4. The van der Waals surface area contributed by atoms with Gasteiger partial charge in [0, 0.05) is 90.7 Å². The molecule has 7 N–H and O–H groups in total. The molecule has 7 amide bonds. The van der Waals surface area contributed by atoms with E-state index in [0.717, 1.165) is 112 Å². The maximum absolute atomic E-state index is 11.9. The number of carbonyl (C=O) groups excluding carboxylic acids is 5. The number of carbonyl (C=O) groups is 5. The smallest absolute Gasteiger partial charge is 0.426 e. The van der Waals surface area contributed by atoms with Gasteiger partial charge in [0.2, 0.25) is 11.8 Å². The summed E-state index contributed by atoms with van der Waals surface area (Å²) in [5, 5.41) is 5.34. The van der Waals surface area contributed by atoms with E-state index < -0.39 is 23.8 Å². The summed E-state index contributed by atoms with van der Waals surface area (Å²) in [4.78, 5) is 75.0. The third-order valence-electron chi connectivity index (χ3n) is 10.9. The molecule has 18 nitrogen and oxygen atoms in total. The molecule has 2 aromatic carbocycles. The first-order valence-corrected chi connectivity index (χ1v) is 22.0. The van der Waals surface area contributed by atoms with E-state index in [1.165, 1.54) is 11.1 Å². The molecule has 4 aromatic rings. The van der Waals surface area contributed by atoms with Crippen molar-refractivity contribution in [3.05, 3.63) is 119 Å². The Morgan fingerprint density at radius 3 is 1.30 bits per heavy atom. The molecular formula is C47H65ClN12O6. The lowest BCUT2D eigenvalue weighted by Crippen LogP contribution is -2.48. The fraction of sp³-hybridized carbons (Fsp3) is 0.426. The highest BCUT2D eigenvalue weighted by atomic mass is 35.5. The van der Waals surface area contributed by atoms with Gasteiger partial charge in [0.1, 0.15) is 5.60 Å². The van der Waals surface area contributed by atoms with Crippen LogP contribution in [0.5, 0.6) is 0 Å². The molecule has 19 heteroatoms. The highest BCUT2D eigenvalue weighted by Crippen LogP contribution is 2.19. The zero-order valence-electron chi connectivity index (χ0n) is 38.6. The van der Waals surface area contributed by atoms with Gasteiger partial charge in [-0.05, 0) is 93.0 Å². The number of ether oxygens (including phenoxy) is 1. The number of nitrogens with one attached hydrogen (secondary N) is 5. The molecule has 2 saturated heterocycles. The van der Waals surface area contributed by atoms with Crippen molar-refractivity contribution in [2.75, 3.05) is 62.2 Å². The number of nitrogens with two attached hydrogens (primary N) is 1. The number of aromatic nitrogens is 2. The van der Waals surface area contributed by atoms with E-state index in [9.17, 15) is 24.0 Å². The van der Waals surface area contributed by atoms with Crippen LogP contribution in [-0.2, 0) is 53.1 Å². The second-order valence-electron chi connectivity index (χ2n) is 16.9. The Morgan fingerprint density at radius 2 is 0.955 bits per heavy atom. The molecule has 0 atom stereocenters. The summed E-state index contributed by atoms with van der Waals surface area (Å²) >= 11 is 0. The predicted octanol–water partition coefficient (Wildman–Crippen LogP) is 4.40. The predicted molar refractivity (Wildman–Crippen MR) is 257 cm³/mol. The summed E-state index contributed by atoms with van der Waals surface area (Å²) in [5.41, 5.74) is 14.5. The van der Waals surface area contributed by atoms with E-state index in [0.29, 0.717) is 13.1 Å². The van der Waals surface area contributed by atoms with Gasteiger partial charge in [0.05, 0.1) is 23.8 Å². The van der Waals surface area contributed by atoms with Crippen molar-refractivity contribution in [1.82, 2.24) is 46.7 Å². The minimum absolute atomic E-state index is 0. The Labute approximate surface area is 393 Å². The number of hydrogen-bond acceptors (Lipinski definition) is 11. The average Bonchev–Trinajstić information content (AvgIpc) is 3.31. The van der Waals surface area contributed by atoms with Gasteiger partial charge >= 0.3 is 18.2 Å². The number of amides is 7. The molecule has 356 valence electrons. The van der Waals surface area contributed by atoms with Crippen LogP contribution in [0.4, 0.5) is 25.8 Å². The normalized spacial score (nSPS) is 13.5. The number of halogens is 1. The minimum atomic E-state index is -0.723. The topological polar surface area (TPSA) is 219 Å². The molecule has 2 aromatic heterocycles. The van der Waals surface area contributed by atoms with Crippen molar-refractivity contribution < 1.29 is 28.7 Å². The standard InChI is InChI=1S/C26H36N6O4.C21H28N6O2.ClH/c1-19(33)31-13-15-32(16-14-31)23-12-11-22(27-18-23)10-9-20-5-7-21(8-6-20)17-28-24(34)29-30-25(35)36-26(2,3)4;1-16(28)26-10-12-27(13-11-26)20-9-8-19(23-15-20)7-6-17-2-4-18(5-3-17)14-24-21(29)25-22;/h5-8,11-12,18H,9-10,13-17H2,1-4H3,(H,30,35)(H2,28,29,34);2-5,8-9,15H,6-7,10-14,22H2,1H3,(H2,24,25,29);1H. The molecule has 6 rings (SSSR count). The Hall–Kier alpha value is -6.66. The first kappa shape index (κ1) is 52.0. The quantitative estimate of drug-likeness (QED) is 0.0665. The number of hydrogen-bond donors (Lipinski definition) is 6. The van der Waals surface area contributed by atoms with Gasteiger partial charge in [-0.1, -0.05) is 48.5 Å². The maximum Gasteiger partial charge on any atom is 0.426 e. The van der Waals surface area contributed by atoms with Crippen molar-refractivity contribution in [3.63, 3.8) is 0 Å². The molecule has 0 unspecified atom stereocenters. The summed E-state index contributed by atoms with van der Waals surface area (Å²) in [7, 11) is 0. The van der Waals surface area contributed by atoms with E-state index >= 15 is 0 Å². The van der Waals surface area contributed by atoms with Crippen molar-refractivity contribution in [2.45, 2.75) is 79.0 Å². The van der Waals surface area contributed by atoms with Crippen molar-refractivity contribution in [2.24, 2.45) is 5.84 Å². The molecular weight excluding hydrogens is 864 g/mol. The third-order valence-corrected chi connectivity index (χ3v) is 10.9. The number of hydrazine groups is 2. The van der Waals surface area contributed by atoms with E-state index in [1.54, 1.807) is 34.6 Å². The molecule has 2 aliphatic rings. The van der Waals surface area contributed by atoms with Gasteiger partial charge in [0.25, 0.3) is 0 Å². The van der Waals surface area contributed by atoms with E-state index in [4.69, 9.17) is 10.6 Å². The Bertz CT molecular complexity index is 2160. The first-order valence-electron chi connectivity index (χ1n) is 22.0. The van der Waals surface area contributed by atoms with Gasteiger partial charge in [0.15, 0.2) is 0 Å². The SMILES string of the molecule is CC(=O)N1CCN(c2ccc(CCc3ccc(CNC(=O)NN)cc3)nc2)CC1.CC(=O)N1CCN(c2ccc(CCc3ccc(CNC(=O)NNC(=O)OC(C)(C)C)cc3)nc2)CC1.Cl. The van der Waals surface area contributed by atoms with Crippen LogP contribution in [0.1, 0.15) is 68.3 Å². The Balaban J connectivity index is 0.000000290. The first-order chi connectivity index (χ1) is 31.1. The summed E-state index contributed by atoms with van der Waals surface area (Å²) in [6.07, 6.45) is 6.57. The number of rotatable bonds is 12. The number of piperazine rings is 2. The van der Waals surface area contributed by atoms with Crippen LogP contribution >= 0.6 is 12.4 Å². The third kappa shape index (κ3) is 17.7. The van der Waals surface area contributed by atoms with Gasteiger partial charge in [-0.25, -0.2) is 31.1 Å². The minimum Gasteiger partial charge on any atom is -0.443 e. The Kier molecular flexibility index (Phi) is 20.3. The van der Waals surface area contributed by atoms with Gasteiger partial charge in [-0.3, -0.25) is 25.0 Å². The molecule has 66 heavy (non-hydrogen) atoms. The van der Waals surface area contributed by atoms with Crippen molar-refractivity contribution in [1.29, 1.82) is 0 Å². The highest BCUT2D eigenvalue weighted by molar-refractivity contribution is 5.85. The number of urea groups is 2. The summed E-state index contributed by atoms with van der Waals surface area (Å²) in [6, 6.07) is 23.6. The van der Waals surface area contributed by atoms with Crippen LogP contribution in [0.25, 0.3) is 0 Å². The zero-order valence-corrected chi connectivity index (χ0v) is 39.4. The monoisotopic (exact) mass is 928 g/mol. The van der Waals surface area contributed by atoms with E-state index in [1.807, 2.05) is 64.0 Å². The lowest BCUT2D eigenvalue weighted by atomic mass is 10.1. The molecule has 4 heterocycles. The number of anilines is 2. The fourth-order valence-corrected chi connectivity index (χ4v) is 7.13. The van der Waals surface area contributed by atoms with E-state index in [-0.39, 0.29) is 24.2 Å². The molecule has 2 fully saturated rings. The summed E-state index contributed by atoms with van der Waals surface area (Å²) < 4.78 is 5.05. The summed E-state index contributed by atoms with van der Waals surface area (Å²) in [5.74, 6) is 5.31. The highest BCUT2D eigenvalue weighted by Gasteiger charge is 2.21. The number of pyridine rings is 2. The number of nitrogens with zero attached hydrogens (tertiary/aromatic N) is 6. The molecule has 0 aliphatic carbocycles. The second kappa shape index (κ2) is 25.7. The molecule has 0 bridgehead atoms. The second-order valence-corrected chi connectivity index (χ2v) is 16.9. The fourth-order valence-electron chi connectivity index (χ4n) is 7.13. The Morgan fingerprint density at radius 1 is 0.561 bits per heavy atom.